The molecule has 2 aromatic heterocycles. The standard InChI is InChI=1S/C32H35N5O2S/c1-20-11-10-14-27(22(20)3)37-21(2)19-24(23(37)4)31-30(26-13-8-9-17-33-26)35-32(40)36(31)18-16-29(38)34-25-12-6-7-15-28(25)39-5/h6-15,17,19,30-31H,16,18H2,1-5H3,(H,34,38)(H,35,40)/t30-,31-/m1/s1. The highest BCUT2D eigenvalue weighted by molar-refractivity contribution is 7.80. The first kappa shape index (κ1) is 27.4. The van der Waals surface area contributed by atoms with E-state index in [0.717, 1.165) is 22.6 Å². The maximum Gasteiger partial charge on any atom is 0.226 e. The Labute approximate surface area is 241 Å². The SMILES string of the molecule is COc1ccccc1NC(=O)CCN1C(=S)N[C@H](c2ccccn2)[C@H]1c1cc(C)n(-c2cccc(C)c2C)c1C. The summed E-state index contributed by atoms with van der Waals surface area (Å²) >= 11 is 5.86. The summed E-state index contributed by atoms with van der Waals surface area (Å²) in [5, 5.41) is 7.11. The van der Waals surface area contributed by atoms with E-state index in [1.54, 1.807) is 13.3 Å². The minimum absolute atomic E-state index is 0.104. The number of amides is 1. The summed E-state index contributed by atoms with van der Waals surface area (Å²) in [7, 11) is 1.59. The number of thiocarbonyl (C=S) groups is 1. The fourth-order valence-corrected chi connectivity index (χ4v) is 5.93. The monoisotopic (exact) mass is 553 g/mol. The van der Waals surface area contributed by atoms with E-state index in [4.69, 9.17) is 17.0 Å². The van der Waals surface area contributed by atoms with Gasteiger partial charge in [0.1, 0.15) is 5.75 Å². The summed E-state index contributed by atoms with van der Waals surface area (Å²) in [6, 6.07) is 21.7. The molecular weight excluding hydrogens is 518 g/mol. The lowest BCUT2D eigenvalue weighted by molar-refractivity contribution is -0.116. The van der Waals surface area contributed by atoms with Gasteiger partial charge in [0, 0.05) is 36.2 Å². The smallest absolute Gasteiger partial charge is 0.226 e. The van der Waals surface area contributed by atoms with E-state index >= 15 is 0 Å². The third-order valence-electron chi connectivity index (χ3n) is 7.76. The van der Waals surface area contributed by atoms with Crippen molar-refractivity contribution in [2.45, 2.75) is 46.2 Å². The molecule has 0 radical (unpaired) electrons. The lowest BCUT2D eigenvalue weighted by Gasteiger charge is -2.28. The topological polar surface area (TPSA) is 71.4 Å². The number of pyridine rings is 1. The van der Waals surface area contributed by atoms with Crippen LogP contribution in [0.4, 0.5) is 5.69 Å². The molecule has 0 saturated carbocycles. The van der Waals surface area contributed by atoms with Crippen molar-refractivity contribution in [3.63, 3.8) is 0 Å². The van der Waals surface area contributed by atoms with Gasteiger partial charge in [-0.05, 0) is 93.0 Å². The van der Waals surface area contributed by atoms with Crippen LogP contribution in [0.5, 0.6) is 5.75 Å². The average Bonchev–Trinajstić information content (AvgIpc) is 3.44. The number of carbonyl (C=O) groups is 1. The second-order valence-electron chi connectivity index (χ2n) is 10.2. The zero-order valence-electron chi connectivity index (χ0n) is 23.6. The number of carbonyl (C=O) groups excluding carboxylic acids is 1. The van der Waals surface area contributed by atoms with Crippen molar-refractivity contribution < 1.29 is 9.53 Å². The van der Waals surface area contributed by atoms with Gasteiger partial charge in [-0.25, -0.2) is 0 Å². The number of hydrogen-bond donors (Lipinski definition) is 2. The van der Waals surface area contributed by atoms with E-state index in [1.807, 2.05) is 42.5 Å². The number of aromatic nitrogens is 2. The van der Waals surface area contributed by atoms with Crippen LogP contribution in [0.1, 0.15) is 52.3 Å². The van der Waals surface area contributed by atoms with Crippen LogP contribution in [-0.2, 0) is 4.79 Å². The first-order valence-corrected chi connectivity index (χ1v) is 13.9. The molecule has 0 aliphatic carbocycles. The summed E-state index contributed by atoms with van der Waals surface area (Å²) in [5.74, 6) is 0.523. The van der Waals surface area contributed by atoms with Gasteiger partial charge >= 0.3 is 0 Å². The molecule has 2 N–H and O–H groups in total. The van der Waals surface area contributed by atoms with Crippen molar-refractivity contribution in [1.82, 2.24) is 19.8 Å². The molecule has 0 spiro atoms. The molecule has 4 aromatic rings. The fourth-order valence-electron chi connectivity index (χ4n) is 5.60. The zero-order chi connectivity index (χ0) is 28.4. The van der Waals surface area contributed by atoms with Crippen molar-refractivity contribution in [3.8, 4) is 11.4 Å². The van der Waals surface area contributed by atoms with Crippen LogP contribution in [0.15, 0.2) is 72.9 Å². The van der Waals surface area contributed by atoms with Gasteiger partial charge in [0.05, 0.1) is 30.6 Å². The molecule has 0 bridgehead atoms. The molecule has 1 aliphatic heterocycles. The Balaban J connectivity index is 1.49. The Kier molecular flexibility index (Phi) is 7.89. The van der Waals surface area contributed by atoms with Gasteiger partial charge in [-0.2, -0.15) is 0 Å². The molecule has 3 heterocycles. The lowest BCUT2D eigenvalue weighted by Crippen LogP contribution is -2.33. The summed E-state index contributed by atoms with van der Waals surface area (Å²) in [4.78, 5) is 19.8. The average molecular weight is 554 g/mol. The molecule has 1 aliphatic rings. The van der Waals surface area contributed by atoms with Gasteiger partial charge in [-0.15, -0.1) is 0 Å². The summed E-state index contributed by atoms with van der Waals surface area (Å²) in [5.41, 5.74) is 8.69. The highest BCUT2D eigenvalue weighted by Crippen LogP contribution is 2.41. The van der Waals surface area contributed by atoms with Gasteiger partial charge in [0.15, 0.2) is 5.11 Å². The number of anilines is 1. The number of nitrogens with zero attached hydrogens (tertiary/aromatic N) is 3. The molecule has 1 saturated heterocycles. The van der Waals surface area contributed by atoms with E-state index < -0.39 is 0 Å². The quantitative estimate of drug-likeness (QED) is 0.256. The number of aryl methyl sites for hydroxylation is 2. The Morgan fingerprint density at radius 1 is 1.05 bits per heavy atom. The highest BCUT2D eigenvalue weighted by Gasteiger charge is 2.41. The van der Waals surface area contributed by atoms with Gasteiger partial charge in [0.2, 0.25) is 5.91 Å². The normalized spacial score (nSPS) is 16.6. The molecule has 1 amide bonds. The fraction of sp³-hybridized carbons (Fsp3) is 0.281. The van der Waals surface area contributed by atoms with Crippen LogP contribution in [0, 0.1) is 27.7 Å². The Morgan fingerprint density at radius 3 is 2.58 bits per heavy atom. The van der Waals surface area contributed by atoms with Gasteiger partial charge < -0.3 is 24.8 Å². The number of benzene rings is 2. The first-order chi connectivity index (χ1) is 19.3. The number of hydrogen-bond acceptors (Lipinski definition) is 4. The summed E-state index contributed by atoms with van der Waals surface area (Å²) in [6.45, 7) is 9.06. The van der Waals surface area contributed by atoms with E-state index in [0.29, 0.717) is 23.1 Å². The predicted octanol–water partition coefficient (Wildman–Crippen LogP) is 6.12. The molecule has 0 unspecified atom stereocenters. The van der Waals surface area contributed by atoms with Crippen molar-refractivity contribution in [1.29, 1.82) is 0 Å². The summed E-state index contributed by atoms with van der Waals surface area (Å²) < 4.78 is 7.71. The van der Waals surface area contributed by atoms with E-state index in [9.17, 15) is 4.79 Å². The van der Waals surface area contributed by atoms with Crippen LogP contribution in [-0.4, -0.2) is 39.1 Å². The Hall–Kier alpha value is -4.17. The highest BCUT2D eigenvalue weighted by atomic mass is 32.1. The molecular formula is C32H35N5O2S. The van der Waals surface area contributed by atoms with E-state index in [1.165, 1.54) is 16.8 Å². The molecule has 8 heteroatoms. The molecule has 206 valence electrons. The predicted molar refractivity (Wildman–Crippen MR) is 163 cm³/mol. The number of nitrogens with one attached hydrogen (secondary N) is 2. The van der Waals surface area contributed by atoms with Crippen molar-refractivity contribution in [2.75, 3.05) is 19.0 Å². The number of para-hydroxylation sites is 2. The Bertz CT molecular complexity index is 1550. The van der Waals surface area contributed by atoms with Crippen LogP contribution >= 0.6 is 12.2 Å². The zero-order valence-corrected chi connectivity index (χ0v) is 24.4. The third kappa shape index (κ3) is 5.19. The van der Waals surface area contributed by atoms with Gasteiger partial charge in [-0.1, -0.05) is 30.3 Å². The van der Waals surface area contributed by atoms with Gasteiger partial charge in [-0.3, -0.25) is 9.78 Å². The minimum atomic E-state index is -0.154. The maximum absolute atomic E-state index is 13.0. The van der Waals surface area contributed by atoms with Crippen LogP contribution in [0.2, 0.25) is 0 Å². The van der Waals surface area contributed by atoms with Crippen molar-refractivity contribution in [3.05, 3.63) is 107 Å². The maximum atomic E-state index is 13.0. The lowest BCUT2D eigenvalue weighted by atomic mass is 9.96. The molecule has 7 nitrogen and oxygen atoms in total. The largest absolute Gasteiger partial charge is 0.495 e. The van der Waals surface area contributed by atoms with Crippen LogP contribution in [0.25, 0.3) is 5.69 Å². The van der Waals surface area contributed by atoms with E-state index in [2.05, 4.69) is 77.0 Å². The van der Waals surface area contributed by atoms with Crippen LogP contribution in [0.3, 0.4) is 0 Å². The van der Waals surface area contributed by atoms with Gasteiger partial charge in [0.25, 0.3) is 0 Å². The van der Waals surface area contributed by atoms with E-state index in [-0.39, 0.29) is 24.4 Å². The molecule has 40 heavy (non-hydrogen) atoms. The Morgan fingerprint density at radius 2 is 1.82 bits per heavy atom. The molecule has 5 rings (SSSR count). The van der Waals surface area contributed by atoms with Crippen molar-refractivity contribution >= 4 is 28.9 Å². The minimum Gasteiger partial charge on any atom is -0.495 e. The second-order valence-corrected chi connectivity index (χ2v) is 10.6. The number of ether oxygens (including phenoxy) is 1. The molecule has 2 aromatic carbocycles. The van der Waals surface area contributed by atoms with Crippen LogP contribution < -0.4 is 15.4 Å². The first-order valence-electron chi connectivity index (χ1n) is 13.5. The molecule has 2 atom stereocenters. The number of methoxy groups -OCH3 is 1. The van der Waals surface area contributed by atoms with Crippen molar-refractivity contribution in [2.24, 2.45) is 0 Å². The third-order valence-corrected chi connectivity index (χ3v) is 8.12. The summed E-state index contributed by atoms with van der Waals surface area (Å²) in [6.07, 6.45) is 2.07. The molecule has 1 fully saturated rings. The second kappa shape index (κ2) is 11.5. The number of rotatable bonds is 8.